The number of hydrogen-bond donors (Lipinski definition) is 3. The molecule has 204 valence electrons. The number of carbonyl (C=O) groups is 3. The Morgan fingerprint density at radius 2 is 2.03 bits per heavy atom. The highest BCUT2D eigenvalue weighted by Gasteiger charge is 2.55. The minimum absolute atomic E-state index is 0.00655. The molecule has 1 saturated heterocycles. The molecule has 12 heteroatoms. The summed E-state index contributed by atoms with van der Waals surface area (Å²) < 4.78 is 6.67. The van der Waals surface area contributed by atoms with E-state index in [1.54, 1.807) is 27.8 Å². The van der Waals surface area contributed by atoms with Gasteiger partial charge in [-0.1, -0.05) is 0 Å². The number of amides is 2. The van der Waals surface area contributed by atoms with Gasteiger partial charge in [0, 0.05) is 49.9 Å². The number of likely N-dealkylation sites (tertiary alicyclic amines) is 1. The zero-order valence-corrected chi connectivity index (χ0v) is 23.1. The number of benzene rings is 1. The molecule has 0 bridgehead atoms. The van der Waals surface area contributed by atoms with Gasteiger partial charge >= 0.3 is 0 Å². The number of alkyl halides is 2. The number of anilines is 1. The third kappa shape index (κ3) is 6.47. The van der Waals surface area contributed by atoms with Gasteiger partial charge in [0.05, 0.1) is 12.2 Å². The second-order valence-electron chi connectivity index (χ2n) is 9.88. The lowest BCUT2D eigenvalue weighted by Gasteiger charge is -2.26. The molecule has 1 aliphatic heterocycles. The van der Waals surface area contributed by atoms with Crippen LogP contribution in [0.4, 0.5) is 5.69 Å². The summed E-state index contributed by atoms with van der Waals surface area (Å²) in [5, 5.41) is 18.5. The number of ether oxygens (including phenoxy) is 1. The van der Waals surface area contributed by atoms with E-state index in [0.717, 1.165) is 12.1 Å². The Bertz CT molecular complexity index is 1250. The molecule has 1 saturated carbocycles. The fourth-order valence-corrected chi connectivity index (χ4v) is 5.38. The Kier molecular flexibility index (Phi) is 8.32. The van der Waals surface area contributed by atoms with Crippen molar-refractivity contribution in [3.8, 4) is 5.75 Å². The number of aryl methyl sites for hydroxylation is 1. The summed E-state index contributed by atoms with van der Waals surface area (Å²) in [5.41, 5.74) is 1.31. The molecule has 1 aromatic carbocycles. The highest BCUT2D eigenvalue weighted by Crippen LogP contribution is 2.54. The molecule has 2 fully saturated rings. The fraction of sp³-hybridized carbons (Fsp3) is 0.500. The topological polar surface area (TPSA) is 129 Å². The van der Waals surface area contributed by atoms with Crippen LogP contribution in [0.5, 0.6) is 5.75 Å². The number of hydrogen-bond acceptors (Lipinski definition) is 7. The first-order valence-corrected chi connectivity index (χ1v) is 13.3. The normalized spacial score (nSPS) is 20.5. The molecule has 4 rings (SSSR count). The smallest absolute Gasteiger partial charge is 0.243 e. The minimum atomic E-state index is -0.799. The molecule has 3 atom stereocenters. The van der Waals surface area contributed by atoms with Crippen molar-refractivity contribution in [3.63, 3.8) is 0 Å². The highest BCUT2D eigenvalue weighted by molar-refractivity contribution is 6.51. The van der Waals surface area contributed by atoms with Gasteiger partial charge in [0.25, 0.3) is 0 Å². The molecular formula is C26H32Cl2N6O4. The molecule has 0 radical (unpaired) electrons. The molecule has 2 amide bonds. The number of ketones is 1. The summed E-state index contributed by atoms with van der Waals surface area (Å²) in [6.07, 6.45) is 3.73. The van der Waals surface area contributed by atoms with E-state index in [-0.39, 0.29) is 42.6 Å². The van der Waals surface area contributed by atoms with Crippen LogP contribution >= 0.6 is 23.2 Å². The molecule has 2 aliphatic rings. The maximum absolute atomic E-state index is 13.1. The van der Waals surface area contributed by atoms with Crippen molar-refractivity contribution >= 4 is 52.2 Å². The SMILES string of the molecule is CC(=O)C(=N)c1cc(OCc2ccn(C)n2)ccc1NCC(=O)N1CCC[C@H]1C(=O)N[C@H](C)[C@H]1CC1(Cl)Cl. The van der Waals surface area contributed by atoms with E-state index in [9.17, 15) is 14.4 Å². The standard InChI is InChI=1S/C26H32Cl2N6O4/c1-15(20-12-26(20,27)28)31-25(37)22-5-4-9-34(22)23(36)13-30-21-7-6-18(11-19(21)24(29)16(2)35)38-14-17-8-10-33(3)32-17/h6-8,10-11,15,20,22,29-30H,4-5,9,12-14H2,1-3H3,(H,31,37)/t15-,20-,22+/m1/s1. The number of carbonyl (C=O) groups excluding carboxylic acids is 3. The molecule has 38 heavy (non-hydrogen) atoms. The number of nitrogens with zero attached hydrogens (tertiary/aromatic N) is 3. The van der Waals surface area contributed by atoms with Crippen LogP contribution in [0.1, 0.15) is 44.4 Å². The summed E-state index contributed by atoms with van der Waals surface area (Å²) in [7, 11) is 1.81. The number of aromatic nitrogens is 2. The lowest BCUT2D eigenvalue weighted by atomic mass is 10.0. The van der Waals surface area contributed by atoms with Crippen LogP contribution in [0.25, 0.3) is 0 Å². The lowest BCUT2D eigenvalue weighted by molar-refractivity contribution is -0.137. The van der Waals surface area contributed by atoms with Gasteiger partial charge in [0.2, 0.25) is 11.8 Å². The van der Waals surface area contributed by atoms with E-state index in [1.165, 1.54) is 6.92 Å². The van der Waals surface area contributed by atoms with E-state index in [0.29, 0.717) is 36.4 Å². The molecule has 10 nitrogen and oxygen atoms in total. The average Bonchev–Trinajstić information content (AvgIpc) is 3.22. The van der Waals surface area contributed by atoms with E-state index >= 15 is 0 Å². The number of rotatable bonds is 11. The van der Waals surface area contributed by atoms with E-state index in [1.807, 2.05) is 26.2 Å². The largest absolute Gasteiger partial charge is 0.487 e. The minimum Gasteiger partial charge on any atom is -0.487 e. The zero-order valence-electron chi connectivity index (χ0n) is 21.6. The summed E-state index contributed by atoms with van der Waals surface area (Å²) in [6.45, 7) is 3.79. The Hall–Kier alpha value is -3.11. The van der Waals surface area contributed by atoms with Gasteiger partial charge in [-0.25, -0.2) is 0 Å². The van der Waals surface area contributed by atoms with Crippen molar-refractivity contribution in [1.29, 1.82) is 5.41 Å². The number of nitrogens with one attached hydrogen (secondary N) is 3. The van der Waals surface area contributed by atoms with Gasteiger partial charge in [-0.3, -0.25) is 24.5 Å². The zero-order chi connectivity index (χ0) is 27.6. The van der Waals surface area contributed by atoms with E-state index in [4.69, 9.17) is 33.3 Å². The summed E-state index contributed by atoms with van der Waals surface area (Å²) in [5.74, 6) is -0.421. The van der Waals surface area contributed by atoms with Crippen molar-refractivity contribution in [2.45, 2.75) is 56.1 Å². The summed E-state index contributed by atoms with van der Waals surface area (Å²) in [6, 6.07) is 6.05. The Labute approximate surface area is 231 Å². The van der Waals surface area contributed by atoms with Crippen LogP contribution in [0.3, 0.4) is 0 Å². The molecular weight excluding hydrogens is 531 g/mol. The van der Waals surface area contributed by atoms with Gasteiger partial charge in [-0.2, -0.15) is 5.10 Å². The first-order chi connectivity index (χ1) is 18.0. The summed E-state index contributed by atoms with van der Waals surface area (Å²) in [4.78, 5) is 39.6. The predicted octanol–water partition coefficient (Wildman–Crippen LogP) is 3.06. The van der Waals surface area contributed by atoms with Crippen LogP contribution in [-0.4, -0.2) is 67.5 Å². The van der Waals surface area contributed by atoms with Crippen LogP contribution in [0.2, 0.25) is 0 Å². The maximum Gasteiger partial charge on any atom is 0.243 e. The Morgan fingerprint density at radius 3 is 2.66 bits per heavy atom. The first-order valence-electron chi connectivity index (χ1n) is 12.5. The van der Waals surface area contributed by atoms with Crippen molar-refractivity contribution in [2.75, 3.05) is 18.4 Å². The summed E-state index contributed by atoms with van der Waals surface area (Å²) >= 11 is 12.3. The third-order valence-electron chi connectivity index (χ3n) is 6.92. The Morgan fingerprint density at radius 1 is 1.29 bits per heavy atom. The molecule has 1 aromatic heterocycles. The first kappa shape index (κ1) is 27.9. The van der Waals surface area contributed by atoms with Crippen molar-refractivity contribution < 1.29 is 19.1 Å². The van der Waals surface area contributed by atoms with Crippen LogP contribution in [0.15, 0.2) is 30.5 Å². The quantitative estimate of drug-likeness (QED) is 0.285. The molecule has 0 spiro atoms. The van der Waals surface area contributed by atoms with Crippen molar-refractivity contribution in [2.24, 2.45) is 13.0 Å². The monoisotopic (exact) mass is 562 g/mol. The maximum atomic E-state index is 13.1. The van der Waals surface area contributed by atoms with Gasteiger partial charge < -0.3 is 20.3 Å². The molecule has 1 aliphatic carbocycles. The van der Waals surface area contributed by atoms with E-state index in [2.05, 4.69) is 15.7 Å². The number of halogens is 2. The van der Waals surface area contributed by atoms with Crippen LogP contribution in [-0.2, 0) is 28.0 Å². The van der Waals surface area contributed by atoms with Gasteiger partial charge in [-0.05, 0) is 50.5 Å². The molecule has 2 heterocycles. The van der Waals surface area contributed by atoms with Gasteiger partial charge in [0.15, 0.2) is 5.78 Å². The fourth-order valence-electron chi connectivity index (χ4n) is 4.67. The van der Waals surface area contributed by atoms with Crippen molar-refractivity contribution in [1.82, 2.24) is 20.0 Å². The van der Waals surface area contributed by atoms with E-state index < -0.39 is 16.2 Å². The third-order valence-corrected chi connectivity index (χ3v) is 7.79. The lowest BCUT2D eigenvalue weighted by Crippen LogP contribution is -2.50. The molecule has 0 unspecified atom stereocenters. The van der Waals surface area contributed by atoms with Crippen LogP contribution < -0.4 is 15.4 Å². The average molecular weight is 563 g/mol. The van der Waals surface area contributed by atoms with Gasteiger partial charge in [0.1, 0.15) is 28.4 Å². The molecule has 3 N–H and O–H groups in total. The highest BCUT2D eigenvalue weighted by atomic mass is 35.5. The van der Waals surface area contributed by atoms with Gasteiger partial charge in [-0.15, -0.1) is 23.2 Å². The second kappa shape index (κ2) is 11.3. The molecule has 2 aromatic rings. The van der Waals surface area contributed by atoms with Crippen molar-refractivity contribution in [3.05, 3.63) is 41.7 Å². The second-order valence-corrected chi connectivity index (χ2v) is 11.4. The van der Waals surface area contributed by atoms with Crippen LogP contribution in [0, 0.1) is 11.3 Å². The predicted molar refractivity (Wildman–Crippen MR) is 145 cm³/mol. The Balaban J connectivity index is 1.39. The number of Topliss-reactive ketones (excluding diaryl/α,β-unsaturated/α-hetero) is 1.